The molecule has 0 spiro atoms. The van der Waals surface area contributed by atoms with Crippen molar-refractivity contribution in [3.63, 3.8) is 0 Å². The molecule has 4 heteroatoms. The van der Waals surface area contributed by atoms with Gasteiger partial charge in [-0.15, -0.1) is 0 Å². The van der Waals surface area contributed by atoms with Crippen molar-refractivity contribution >= 4 is 16.7 Å². The van der Waals surface area contributed by atoms with Gasteiger partial charge in [-0.2, -0.15) is 0 Å². The zero-order valence-electron chi connectivity index (χ0n) is 8.82. The molecule has 1 heterocycles. The molecule has 16 heavy (non-hydrogen) atoms. The maximum absolute atomic E-state index is 11.2. The number of pyridine rings is 1. The summed E-state index contributed by atoms with van der Waals surface area (Å²) in [6, 6.07) is 8.58. The second kappa shape index (κ2) is 4.18. The largest absolute Gasteiger partial charge is 0.484 e. The first-order valence-corrected chi connectivity index (χ1v) is 4.91. The van der Waals surface area contributed by atoms with Gasteiger partial charge in [0.1, 0.15) is 12.4 Å². The standard InChI is InChI=1S/C12H11NO3/c1-8(14)7-16-10-4-2-3-9-5-6-11(15)13-12(9)10/h2-6H,7H2,1H3,(H,13,15). The van der Waals surface area contributed by atoms with Gasteiger partial charge in [-0.25, -0.2) is 0 Å². The number of para-hydroxylation sites is 1. The molecule has 2 rings (SSSR count). The number of aromatic amines is 1. The zero-order chi connectivity index (χ0) is 11.5. The van der Waals surface area contributed by atoms with Crippen LogP contribution in [0.5, 0.6) is 5.75 Å². The molecular formula is C12H11NO3. The highest BCUT2D eigenvalue weighted by Gasteiger charge is 2.03. The maximum atomic E-state index is 11.2. The Balaban J connectivity index is 2.47. The Kier molecular flexibility index (Phi) is 2.72. The van der Waals surface area contributed by atoms with E-state index >= 15 is 0 Å². The third kappa shape index (κ3) is 2.11. The zero-order valence-corrected chi connectivity index (χ0v) is 8.82. The number of ether oxygens (including phenoxy) is 1. The summed E-state index contributed by atoms with van der Waals surface area (Å²) in [5.41, 5.74) is 0.433. The van der Waals surface area contributed by atoms with Gasteiger partial charge in [-0.3, -0.25) is 9.59 Å². The molecule has 1 aromatic heterocycles. The van der Waals surface area contributed by atoms with Gasteiger partial charge in [-0.05, 0) is 19.1 Å². The van der Waals surface area contributed by atoms with Crippen molar-refractivity contribution in [2.45, 2.75) is 6.92 Å². The van der Waals surface area contributed by atoms with Crippen LogP contribution in [0, 0.1) is 0 Å². The summed E-state index contributed by atoms with van der Waals surface area (Å²) in [6.07, 6.45) is 0. The molecule has 0 unspecified atom stereocenters. The fraction of sp³-hybridized carbons (Fsp3) is 0.167. The van der Waals surface area contributed by atoms with Crippen LogP contribution in [0.25, 0.3) is 10.9 Å². The summed E-state index contributed by atoms with van der Waals surface area (Å²) in [7, 11) is 0. The van der Waals surface area contributed by atoms with Gasteiger partial charge in [-0.1, -0.05) is 12.1 Å². The first kappa shape index (κ1) is 10.4. The van der Waals surface area contributed by atoms with Crippen molar-refractivity contribution in [3.05, 3.63) is 40.7 Å². The predicted octanol–water partition coefficient (Wildman–Crippen LogP) is 1.50. The minimum atomic E-state index is -0.189. The molecule has 2 aromatic rings. The number of Topliss-reactive ketones (excluding diaryl/α,β-unsaturated/α-hetero) is 1. The second-order valence-corrected chi connectivity index (χ2v) is 3.53. The Morgan fingerprint density at radius 2 is 2.12 bits per heavy atom. The van der Waals surface area contributed by atoms with Crippen LogP contribution in [0.1, 0.15) is 6.92 Å². The lowest BCUT2D eigenvalue weighted by molar-refractivity contribution is -0.118. The van der Waals surface area contributed by atoms with Crippen molar-refractivity contribution in [3.8, 4) is 5.75 Å². The first-order valence-electron chi connectivity index (χ1n) is 4.91. The number of carbonyl (C=O) groups excluding carboxylic acids is 1. The molecule has 0 aliphatic carbocycles. The Morgan fingerprint density at radius 3 is 2.88 bits per heavy atom. The molecule has 0 bridgehead atoms. The Bertz CT molecular complexity index is 586. The van der Waals surface area contributed by atoms with Crippen LogP contribution >= 0.6 is 0 Å². The number of ketones is 1. The number of aromatic nitrogens is 1. The summed E-state index contributed by atoms with van der Waals surface area (Å²) in [4.78, 5) is 24.7. The van der Waals surface area contributed by atoms with E-state index < -0.39 is 0 Å². The van der Waals surface area contributed by atoms with Crippen LogP contribution in [-0.2, 0) is 4.79 Å². The van der Waals surface area contributed by atoms with Crippen molar-refractivity contribution in [1.82, 2.24) is 4.98 Å². The number of hydrogen-bond donors (Lipinski definition) is 1. The maximum Gasteiger partial charge on any atom is 0.248 e. The van der Waals surface area contributed by atoms with Crippen LogP contribution in [0.4, 0.5) is 0 Å². The van der Waals surface area contributed by atoms with Gasteiger partial charge < -0.3 is 9.72 Å². The summed E-state index contributed by atoms with van der Waals surface area (Å²) < 4.78 is 5.32. The van der Waals surface area contributed by atoms with Gasteiger partial charge >= 0.3 is 0 Å². The molecule has 1 N–H and O–H groups in total. The molecule has 0 aliphatic heterocycles. The minimum absolute atomic E-state index is 0.00996. The molecule has 0 aliphatic rings. The van der Waals surface area contributed by atoms with Crippen LogP contribution < -0.4 is 10.3 Å². The highest BCUT2D eigenvalue weighted by Crippen LogP contribution is 2.21. The average molecular weight is 217 g/mol. The van der Waals surface area contributed by atoms with Crippen LogP contribution in [0.2, 0.25) is 0 Å². The molecule has 0 fully saturated rings. The third-order valence-electron chi connectivity index (χ3n) is 2.15. The molecule has 4 nitrogen and oxygen atoms in total. The molecule has 0 saturated heterocycles. The normalized spacial score (nSPS) is 10.3. The number of H-pyrrole nitrogens is 1. The number of fused-ring (bicyclic) bond motifs is 1. The number of benzene rings is 1. The molecule has 0 amide bonds. The Morgan fingerprint density at radius 1 is 1.31 bits per heavy atom. The Hall–Kier alpha value is -2.10. The summed E-state index contributed by atoms with van der Waals surface area (Å²) >= 11 is 0. The van der Waals surface area contributed by atoms with Gasteiger partial charge in [0.2, 0.25) is 5.56 Å². The van der Waals surface area contributed by atoms with E-state index in [-0.39, 0.29) is 17.9 Å². The predicted molar refractivity (Wildman–Crippen MR) is 60.7 cm³/mol. The lowest BCUT2D eigenvalue weighted by Gasteiger charge is -2.06. The van der Waals surface area contributed by atoms with Crippen molar-refractivity contribution in [2.24, 2.45) is 0 Å². The topological polar surface area (TPSA) is 59.2 Å². The number of nitrogens with one attached hydrogen (secondary N) is 1. The first-order chi connectivity index (χ1) is 7.66. The van der Waals surface area contributed by atoms with Crippen molar-refractivity contribution in [1.29, 1.82) is 0 Å². The van der Waals surface area contributed by atoms with E-state index in [2.05, 4.69) is 4.98 Å². The van der Waals surface area contributed by atoms with E-state index in [1.54, 1.807) is 12.1 Å². The summed E-state index contributed by atoms with van der Waals surface area (Å²) in [6.45, 7) is 1.46. The van der Waals surface area contributed by atoms with E-state index in [1.807, 2.05) is 12.1 Å². The smallest absolute Gasteiger partial charge is 0.248 e. The average Bonchev–Trinajstić information content (AvgIpc) is 2.26. The molecular weight excluding hydrogens is 206 g/mol. The number of carbonyl (C=O) groups is 1. The summed E-state index contributed by atoms with van der Waals surface area (Å²) in [5, 5.41) is 0.876. The molecule has 0 radical (unpaired) electrons. The summed E-state index contributed by atoms with van der Waals surface area (Å²) in [5.74, 6) is 0.459. The molecule has 1 aromatic carbocycles. The third-order valence-corrected chi connectivity index (χ3v) is 2.15. The van der Waals surface area contributed by atoms with Crippen LogP contribution in [-0.4, -0.2) is 17.4 Å². The fourth-order valence-corrected chi connectivity index (χ4v) is 1.45. The van der Waals surface area contributed by atoms with Crippen molar-refractivity contribution < 1.29 is 9.53 Å². The van der Waals surface area contributed by atoms with E-state index in [9.17, 15) is 9.59 Å². The van der Waals surface area contributed by atoms with Gasteiger partial charge in [0.15, 0.2) is 5.78 Å². The van der Waals surface area contributed by atoms with Crippen LogP contribution in [0.3, 0.4) is 0 Å². The van der Waals surface area contributed by atoms with Gasteiger partial charge in [0.05, 0.1) is 5.52 Å². The fourth-order valence-electron chi connectivity index (χ4n) is 1.45. The number of hydrogen-bond acceptors (Lipinski definition) is 3. The van der Waals surface area contributed by atoms with E-state index in [1.165, 1.54) is 13.0 Å². The highest BCUT2D eigenvalue weighted by molar-refractivity contribution is 5.84. The minimum Gasteiger partial charge on any atom is -0.484 e. The van der Waals surface area contributed by atoms with E-state index in [0.29, 0.717) is 11.3 Å². The quantitative estimate of drug-likeness (QED) is 0.847. The van der Waals surface area contributed by atoms with Gasteiger partial charge in [0, 0.05) is 11.5 Å². The second-order valence-electron chi connectivity index (χ2n) is 3.53. The molecule has 82 valence electrons. The lowest BCUT2D eigenvalue weighted by atomic mass is 10.2. The monoisotopic (exact) mass is 217 g/mol. The SMILES string of the molecule is CC(=O)COc1cccc2ccc(=O)[nH]c12. The molecule has 0 atom stereocenters. The van der Waals surface area contributed by atoms with Crippen molar-refractivity contribution in [2.75, 3.05) is 6.61 Å². The highest BCUT2D eigenvalue weighted by atomic mass is 16.5. The van der Waals surface area contributed by atoms with E-state index in [4.69, 9.17) is 4.74 Å². The lowest BCUT2D eigenvalue weighted by Crippen LogP contribution is -2.09. The molecule has 0 saturated carbocycles. The van der Waals surface area contributed by atoms with Gasteiger partial charge in [0.25, 0.3) is 0 Å². The Labute approximate surface area is 91.9 Å². The van der Waals surface area contributed by atoms with E-state index in [0.717, 1.165) is 5.39 Å². The number of rotatable bonds is 3. The van der Waals surface area contributed by atoms with Crippen LogP contribution in [0.15, 0.2) is 35.1 Å².